The Balaban J connectivity index is 2.30. The maximum atomic E-state index is 11.2. The third-order valence-electron chi connectivity index (χ3n) is 3.39. The molecule has 1 aromatic carbocycles. The van der Waals surface area contributed by atoms with Crippen LogP contribution in [0, 0.1) is 10.1 Å². The van der Waals surface area contributed by atoms with Crippen molar-refractivity contribution in [1.29, 1.82) is 0 Å². The maximum Gasteiger partial charge on any atom is 0.338 e. The number of hydrogen-bond acceptors (Lipinski definition) is 5. The van der Waals surface area contributed by atoms with Gasteiger partial charge in [-0.15, -0.1) is 0 Å². The Labute approximate surface area is 119 Å². The minimum Gasteiger partial charge on any atom is -0.478 e. The number of benzene rings is 1. The van der Waals surface area contributed by atoms with Gasteiger partial charge in [0.15, 0.2) is 0 Å². The highest BCUT2D eigenvalue weighted by atomic mass is 35.5. The van der Waals surface area contributed by atoms with Crippen LogP contribution in [-0.4, -0.2) is 33.3 Å². The summed E-state index contributed by atoms with van der Waals surface area (Å²) >= 11 is 5.90. The van der Waals surface area contributed by atoms with Crippen LogP contribution in [0.25, 0.3) is 0 Å². The van der Waals surface area contributed by atoms with E-state index in [0.717, 1.165) is 18.6 Å². The normalized spacial score (nSPS) is 16.3. The molecule has 0 amide bonds. The van der Waals surface area contributed by atoms with Gasteiger partial charge in [0.2, 0.25) is 0 Å². The first kappa shape index (κ1) is 14.5. The number of non-ortho nitro benzene ring substituents is 1. The molecule has 0 aliphatic heterocycles. The van der Waals surface area contributed by atoms with Crippen molar-refractivity contribution in [1.82, 2.24) is 0 Å². The molecule has 1 fully saturated rings. The van der Waals surface area contributed by atoms with Crippen molar-refractivity contribution < 1.29 is 19.9 Å². The van der Waals surface area contributed by atoms with E-state index in [4.69, 9.17) is 16.7 Å². The highest BCUT2D eigenvalue weighted by Gasteiger charge is 2.34. The molecule has 1 aliphatic rings. The number of nitrogens with zero attached hydrogens (tertiary/aromatic N) is 1. The maximum absolute atomic E-state index is 11.2. The van der Waals surface area contributed by atoms with Crippen LogP contribution < -0.4 is 5.32 Å². The Bertz CT molecular complexity index is 571. The SMILES string of the molecule is O=C(O)c1cc([N+](=O)[O-])cc(Cl)c1NCC1(O)CCC1. The summed E-state index contributed by atoms with van der Waals surface area (Å²) in [4.78, 5) is 21.2. The van der Waals surface area contributed by atoms with Crippen molar-refractivity contribution >= 4 is 28.9 Å². The van der Waals surface area contributed by atoms with Crippen LogP contribution in [0.4, 0.5) is 11.4 Å². The van der Waals surface area contributed by atoms with E-state index in [1.807, 2.05) is 0 Å². The summed E-state index contributed by atoms with van der Waals surface area (Å²) in [6.07, 6.45) is 2.18. The number of nitrogens with one attached hydrogen (secondary N) is 1. The predicted octanol–water partition coefficient (Wildman–Crippen LogP) is 2.27. The largest absolute Gasteiger partial charge is 0.478 e. The van der Waals surface area contributed by atoms with Gasteiger partial charge in [-0.2, -0.15) is 0 Å². The number of halogens is 1. The number of anilines is 1. The number of aliphatic hydroxyl groups is 1. The van der Waals surface area contributed by atoms with Crippen LogP contribution >= 0.6 is 11.6 Å². The van der Waals surface area contributed by atoms with E-state index < -0.39 is 16.5 Å². The highest BCUT2D eigenvalue weighted by Crippen LogP contribution is 2.35. The van der Waals surface area contributed by atoms with E-state index in [1.54, 1.807) is 0 Å². The lowest BCUT2D eigenvalue weighted by Gasteiger charge is -2.37. The molecule has 0 radical (unpaired) electrons. The van der Waals surface area contributed by atoms with Crippen LogP contribution in [0.15, 0.2) is 12.1 Å². The molecule has 1 aromatic rings. The summed E-state index contributed by atoms with van der Waals surface area (Å²) < 4.78 is 0. The first-order valence-corrected chi connectivity index (χ1v) is 6.38. The lowest BCUT2D eigenvalue weighted by atomic mass is 9.80. The molecule has 0 aromatic heterocycles. The number of hydrogen-bond donors (Lipinski definition) is 3. The number of aromatic carboxylic acids is 1. The second-order valence-electron chi connectivity index (χ2n) is 4.84. The van der Waals surface area contributed by atoms with Gasteiger partial charge >= 0.3 is 5.97 Å². The molecule has 2 rings (SSSR count). The molecular weight excluding hydrogens is 288 g/mol. The van der Waals surface area contributed by atoms with Crippen LogP contribution in [0.3, 0.4) is 0 Å². The van der Waals surface area contributed by atoms with Crippen molar-refractivity contribution in [2.75, 3.05) is 11.9 Å². The smallest absolute Gasteiger partial charge is 0.338 e. The number of nitro groups is 1. The third-order valence-corrected chi connectivity index (χ3v) is 3.69. The van der Waals surface area contributed by atoms with E-state index >= 15 is 0 Å². The van der Waals surface area contributed by atoms with Crippen LogP contribution in [0.2, 0.25) is 5.02 Å². The van der Waals surface area contributed by atoms with Crippen molar-refractivity contribution in [3.63, 3.8) is 0 Å². The molecule has 0 unspecified atom stereocenters. The van der Waals surface area contributed by atoms with E-state index in [1.165, 1.54) is 0 Å². The summed E-state index contributed by atoms with van der Waals surface area (Å²) in [6.45, 7) is 0.158. The Hall–Kier alpha value is -1.86. The van der Waals surface area contributed by atoms with Gasteiger partial charge < -0.3 is 15.5 Å². The van der Waals surface area contributed by atoms with Crippen LogP contribution in [0.5, 0.6) is 0 Å². The molecule has 8 heteroatoms. The molecule has 0 saturated heterocycles. The lowest BCUT2D eigenvalue weighted by Crippen LogP contribution is -2.43. The number of carboxylic acid groups (broad SMARTS) is 1. The molecular formula is C12H13ClN2O5. The number of rotatable bonds is 5. The van der Waals surface area contributed by atoms with Gasteiger partial charge in [0.05, 0.1) is 26.8 Å². The summed E-state index contributed by atoms with van der Waals surface area (Å²) in [6, 6.07) is 2.03. The van der Waals surface area contributed by atoms with E-state index in [-0.39, 0.29) is 28.5 Å². The van der Waals surface area contributed by atoms with Crippen molar-refractivity contribution in [2.24, 2.45) is 0 Å². The molecule has 3 N–H and O–H groups in total. The Kier molecular flexibility index (Phi) is 3.82. The fourth-order valence-corrected chi connectivity index (χ4v) is 2.34. The van der Waals surface area contributed by atoms with E-state index in [2.05, 4.69) is 5.32 Å². The topological polar surface area (TPSA) is 113 Å². The first-order chi connectivity index (χ1) is 9.32. The number of carbonyl (C=O) groups is 1. The molecule has 0 spiro atoms. The fourth-order valence-electron chi connectivity index (χ4n) is 2.06. The predicted molar refractivity (Wildman–Crippen MR) is 72.4 cm³/mol. The zero-order valence-corrected chi connectivity index (χ0v) is 11.2. The second-order valence-corrected chi connectivity index (χ2v) is 5.25. The van der Waals surface area contributed by atoms with Gasteiger partial charge in [-0.25, -0.2) is 4.79 Å². The Morgan fingerprint density at radius 1 is 1.50 bits per heavy atom. The molecule has 0 heterocycles. The van der Waals surface area contributed by atoms with Gasteiger partial charge in [-0.3, -0.25) is 10.1 Å². The summed E-state index contributed by atoms with van der Waals surface area (Å²) in [5.74, 6) is -1.32. The first-order valence-electron chi connectivity index (χ1n) is 6.00. The highest BCUT2D eigenvalue weighted by molar-refractivity contribution is 6.34. The summed E-state index contributed by atoms with van der Waals surface area (Å²) in [5, 5.41) is 32.5. The van der Waals surface area contributed by atoms with Gasteiger partial charge in [0, 0.05) is 18.7 Å². The Morgan fingerprint density at radius 3 is 2.60 bits per heavy atom. The van der Waals surface area contributed by atoms with E-state index in [9.17, 15) is 20.0 Å². The van der Waals surface area contributed by atoms with E-state index in [0.29, 0.717) is 12.8 Å². The minimum atomic E-state index is -1.32. The fraction of sp³-hybridized carbons (Fsp3) is 0.417. The quantitative estimate of drug-likeness (QED) is 0.568. The molecule has 0 atom stereocenters. The molecule has 7 nitrogen and oxygen atoms in total. The summed E-state index contributed by atoms with van der Waals surface area (Å²) in [7, 11) is 0. The average Bonchev–Trinajstić information content (AvgIpc) is 2.33. The minimum absolute atomic E-state index is 0.0560. The van der Waals surface area contributed by atoms with Crippen molar-refractivity contribution in [3.05, 3.63) is 32.8 Å². The number of carboxylic acids is 1. The molecule has 20 heavy (non-hydrogen) atoms. The molecule has 1 aliphatic carbocycles. The zero-order chi connectivity index (χ0) is 14.9. The third kappa shape index (κ3) is 2.83. The Morgan fingerprint density at radius 2 is 2.15 bits per heavy atom. The molecule has 1 saturated carbocycles. The zero-order valence-electron chi connectivity index (χ0n) is 10.4. The van der Waals surface area contributed by atoms with Crippen molar-refractivity contribution in [2.45, 2.75) is 24.9 Å². The molecule has 0 bridgehead atoms. The van der Waals surface area contributed by atoms with Crippen LogP contribution in [0.1, 0.15) is 29.6 Å². The molecule has 108 valence electrons. The van der Waals surface area contributed by atoms with Gasteiger partial charge in [-0.1, -0.05) is 11.6 Å². The average molecular weight is 301 g/mol. The lowest BCUT2D eigenvalue weighted by molar-refractivity contribution is -0.384. The summed E-state index contributed by atoms with van der Waals surface area (Å²) in [5.41, 5.74) is -1.45. The second kappa shape index (κ2) is 5.26. The van der Waals surface area contributed by atoms with Crippen molar-refractivity contribution in [3.8, 4) is 0 Å². The standard InChI is InChI=1S/C12H13ClN2O5/c13-9-5-7(15(19)20)4-8(11(16)17)10(9)14-6-12(18)2-1-3-12/h4-5,14,18H,1-3,6H2,(H,16,17). The monoisotopic (exact) mass is 300 g/mol. The van der Waals surface area contributed by atoms with Gasteiger partial charge in [0.25, 0.3) is 5.69 Å². The van der Waals surface area contributed by atoms with Crippen LogP contribution in [-0.2, 0) is 0 Å². The van der Waals surface area contributed by atoms with Gasteiger partial charge in [0.1, 0.15) is 0 Å². The number of nitro benzene ring substituents is 1. The van der Waals surface area contributed by atoms with Gasteiger partial charge in [-0.05, 0) is 19.3 Å².